The van der Waals surface area contributed by atoms with Crippen molar-refractivity contribution in [2.24, 2.45) is 0 Å². The number of nitrogens with one attached hydrogen (secondary N) is 1. The minimum atomic E-state index is -0.965. The molecule has 0 spiro atoms. The molecule has 0 amide bonds. The predicted octanol–water partition coefficient (Wildman–Crippen LogP) is 3.97. The highest BCUT2D eigenvalue weighted by Crippen LogP contribution is 2.40. The van der Waals surface area contributed by atoms with Crippen LogP contribution in [0.3, 0.4) is 0 Å². The Bertz CT molecular complexity index is 1020. The smallest absolute Gasteiger partial charge is 0.335 e. The Kier molecular flexibility index (Phi) is 4.72. The Morgan fingerprint density at radius 3 is 2.61 bits per heavy atom. The van der Waals surface area contributed by atoms with Crippen LogP contribution in [0.25, 0.3) is 11.3 Å². The summed E-state index contributed by atoms with van der Waals surface area (Å²) in [5.74, 6) is 0.820. The molecule has 142 valence electrons. The van der Waals surface area contributed by atoms with Crippen molar-refractivity contribution in [3.63, 3.8) is 0 Å². The lowest BCUT2D eigenvalue weighted by Gasteiger charge is -2.21. The molecule has 4 rings (SSSR count). The first-order chi connectivity index (χ1) is 13.7. The van der Waals surface area contributed by atoms with E-state index >= 15 is 0 Å². The van der Waals surface area contributed by atoms with E-state index in [1.165, 1.54) is 12.1 Å². The van der Waals surface area contributed by atoms with Crippen LogP contribution in [-0.4, -0.2) is 36.4 Å². The standard InChI is InChI=1S/C21H18N2O5/c1-26-20-17(22-14-7-5-13(6-8-14)21(24)25)10-9-16(23-20)15-3-2-4-18-19(15)28-12-11-27-18/h2-10,22H,11-12H2,1H3,(H,24,25). The number of aromatic carboxylic acids is 1. The molecule has 2 aromatic carbocycles. The number of rotatable bonds is 5. The monoisotopic (exact) mass is 378 g/mol. The third-order valence-corrected chi connectivity index (χ3v) is 4.31. The van der Waals surface area contributed by atoms with Gasteiger partial charge < -0.3 is 24.6 Å². The molecule has 2 heterocycles. The van der Waals surface area contributed by atoms with Gasteiger partial charge in [-0.3, -0.25) is 0 Å². The summed E-state index contributed by atoms with van der Waals surface area (Å²) in [6.07, 6.45) is 0. The van der Waals surface area contributed by atoms with Gasteiger partial charge in [0, 0.05) is 11.3 Å². The van der Waals surface area contributed by atoms with E-state index in [2.05, 4.69) is 10.3 Å². The molecule has 0 radical (unpaired) electrons. The molecule has 28 heavy (non-hydrogen) atoms. The average Bonchev–Trinajstić information content (AvgIpc) is 2.74. The average molecular weight is 378 g/mol. The molecule has 0 unspecified atom stereocenters. The van der Waals surface area contributed by atoms with E-state index in [0.717, 1.165) is 11.3 Å². The SMILES string of the molecule is COc1nc(-c2cccc3c2OCCO3)ccc1Nc1ccc(C(=O)O)cc1. The molecule has 0 atom stereocenters. The number of carbonyl (C=O) groups is 1. The Balaban J connectivity index is 1.64. The van der Waals surface area contributed by atoms with Crippen molar-refractivity contribution in [3.05, 3.63) is 60.2 Å². The number of nitrogens with zero attached hydrogens (tertiary/aromatic N) is 1. The normalized spacial score (nSPS) is 12.3. The third-order valence-electron chi connectivity index (χ3n) is 4.31. The number of hydrogen-bond donors (Lipinski definition) is 2. The number of benzene rings is 2. The number of methoxy groups -OCH3 is 1. The van der Waals surface area contributed by atoms with Gasteiger partial charge >= 0.3 is 5.97 Å². The number of carboxylic acids is 1. The van der Waals surface area contributed by atoms with Crippen molar-refractivity contribution in [2.75, 3.05) is 25.6 Å². The van der Waals surface area contributed by atoms with Crippen LogP contribution in [0.2, 0.25) is 0 Å². The van der Waals surface area contributed by atoms with Crippen LogP contribution in [-0.2, 0) is 0 Å². The Morgan fingerprint density at radius 1 is 1.07 bits per heavy atom. The second-order valence-corrected chi connectivity index (χ2v) is 6.09. The Hall–Kier alpha value is -3.74. The molecule has 0 saturated heterocycles. The van der Waals surface area contributed by atoms with Crippen LogP contribution in [0.5, 0.6) is 17.4 Å². The van der Waals surface area contributed by atoms with Crippen LogP contribution in [0.1, 0.15) is 10.4 Å². The number of pyridine rings is 1. The second-order valence-electron chi connectivity index (χ2n) is 6.09. The lowest BCUT2D eigenvalue weighted by molar-refractivity contribution is 0.0697. The van der Waals surface area contributed by atoms with Gasteiger partial charge in [-0.2, -0.15) is 0 Å². The van der Waals surface area contributed by atoms with E-state index < -0.39 is 5.97 Å². The summed E-state index contributed by atoms with van der Waals surface area (Å²) in [5.41, 5.74) is 3.14. The van der Waals surface area contributed by atoms with Crippen LogP contribution in [0.4, 0.5) is 11.4 Å². The zero-order valence-corrected chi connectivity index (χ0v) is 15.1. The molecular formula is C21H18N2O5. The lowest BCUT2D eigenvalue weighted by Crippen LogP contribution is -2.16. The Labute approximate surface area is 161 Å². The van der Waals surface area contributed by atoms with Crippen LogP contribution in [0.15, 0.2) is 54.6 Å². The van der Waals surface area contributed by atoms with Crippen LogP contribution >= 0.6 is 0 Å². The maximum Gasteiger partial charge on any atom is 0.335 e. The fourth-order valence-corrected chi connectivity index (χ4v) is 2.97. The number of para-hydroxylation sites is 1. The number of carboxylic acid groups (broad SMARTS) is 1. The summed E-state index contributed by atoms with van der Waals surface area (Å²) in [6, 6.07) is 15.9. The molecule has 0 fully saturated rings. The van der Waals surface area contributed by atoms with E-state index in [-0.39, 0.29) is 5.56 Å². The summed E-state index contributed by atoms with van der Waals surface area (Å²) in [6.45, 7) is 1.02. The molecule has 2 N–H and O–H groups in total. The minimum Gasteiger partial charge on any atom is -0.486 e. The highest BCUT2D eigenvalue weighted by Gasteiger charge is 2.18. The fraction of sp³-hybridized carbons (Fsp3) is 0.143. The number of anilines is 2. The van der Waals surface area contributed by atoms with Crippen molar-refractivity contribution in [3.8, 4) is 28.6 Å². The number of ether oxygens (including phenoxy) is 3. The van der Waals surface area contributed by atoms with Crippen LogP contribution in [0, 0.1) is 0 Å². The topological polar surface area (TPSA) is 89.9 Å². The van der Waals surface area contributed by atoms with E-state index in [4.69, 9.17) is 19.3 Å². The first-order valence-corrected chi connectivity index (χ1v) is 8.70. The van der Waals surface area contributed by atoms with Crippen molar-refractivity contribution in [1.29, 1.82) is 0 Å². The molecule has 1 aromatic heterocycles. The van der Waals surface area contributed by atoms with Gasteiger partial charge in [0.2, 0.25) is 5.88 Å². The highest BCUT2D eigenvalue weighted by molar-refractivity contribution is 5.88. The van der Waals surface area contributed by atoms with E-state index in [0.29, 0.717) is 42.0 Å². The van der Waals surface area contributed by atoms with Crippen molar-refractivity contribution < 1.29 is 24.1 Å². The van der Waals surface area contributed by atoms with Crippen molar-refractivity contribution in [1.82, 2.24) is 4.98 Å². The number of aromatic nitrogens is 1. The van der Waals surface area contributed by atoms with E-state index in [1.807, 2.05) is 30.3 Å². The van der Waals surface area contributed by atoms with Gasteiger partial charge in [-0.05, 0) is 48.5 Å². The lowest BCUT2D eigenvalue weighted by atomic mass is 10.1. The van der Waals surface area contributed by atoms with Gasteiger partial charge in [0.1, 0.15) is 18.9 Å². The molecule has 7 nitrogen and oxygen atoms in total. The van der Waals surface area contributed by atoms with E-state index in [9.17, 15) is 4.79 Å². The predicted molar refractivity (Wildman–Crippen MR) is 104 cm³/mol. The molecule has 0 saturated carbocycles. The van der Waals surface area contributed by atoms with Gasteiger partial charge in [-0.25, -0.2) is 9.78 Å². The summed E-state index contributed by atoms with van der Waals surface area (Å²) < 4.78 is 16.8. The summed E-state index contributed by atoms with van der Waals surface area (Å²) >= 11 is 0. The summed E-state index contributed by atoms with van der Waals surface area (Å²) in [5, 5.41) is 12.2. The molecule has 0 bridgehead atoms. The van der Waals surface area contributed by atoms with Gasteiger partial charge in [0.25, 0.3) is 0 Å². The van der Waals surface area contributed by atoms with Crippen LogP contribution < -0.4 is 19.5 Å². The third kappa shape index (κ3) is 3.42. The summed E-state index contributed by atoms with van der Waals surface area (Å²) in [4.78, 5) is 15.6. The molecule has 3 aromatic rings. The zero-order valence-electron chi connectivity index (χ0n) is 15.1. The molecule has 1 aliphatic rings. The van der Waals surface area contributed by atoms with Crippen molar-refractivity contribution in [2.45, 2.75) is 0 Å². The zero-order chi connectivity index (χ0) is 19.5. The van der Waals surface area contributed by atoms with Gasteiger partial charge in [0.15, 0.2) is 11.5 Å². The van der Waals surface area contributed by atoms with Gasteiger partial charge in [-0.1, -0.05) is 6.07 Å². The van der Waals surface area contributed by atoms with Crippen molar-refractivity contribution >= 4 is 17.3 Å². The Morgan fingerprint density at radius 2 is 1.86 bits per heavy atom. The maximum absolute atomic E-state index is 11.0. The van der Waals surface area contributed by atoms with Gasteiger partial charge in [-0.15, -0.1) is 0 Å². The quantitative estimate of drug-likeness (QED) is 0.694. The maximum atomic E-state index is 11.0. The molecular weight excluding hydrogens is 360 g/mol. The molecule has 0 aliphatic carbocycles. The molecule has 1 aliphatic heterocycles. The fourth-order valence-electron chi connectivity index (χ4n) is 2.97. The van der Waals surface area contributed by atoms with E-state index in [1.54, 1.807) is 19.2 Å². The highest BCUT2D eigenvalue weighted by atomic mass is 16.6. The first kappa shape index (κ1) is 17.7. The number of fused-ring (bicyclic) bond motifs is 1. The largest absolute Gasteiger partial charge is 0.486 e. The minimum absolute atomic E-state index is 0.224. The summed E-state index contributed by atoms with van der Waals surface area (Å²) in [7, 11) is 1.55. The number of hydrogen-bond acceptors (Lipinski definition) is 6. The second kappa shape index (κ2) is 7.48. The molecule has 7 heteroatoms. The van der Waals surface area contributed by atoms with Gasteiger partial charge in [0.05, 0.1) is 18.4 Å². The first-order valence-electron chi connectivity index (χ1n) is 8.70.